The van der Waals surface area contributed by atoms with Crippen molar-refractivity contribution in [1.29, 1.82) is 0 Å². The van der Waals surface area contributed by atoms with Crippen LogP contribution in [0.15, 0.2) is 29.2 Å². The topological polar surface area (TPSA) is 20.3 Å². The lowest BCUT2D eigenvalue weighted by atomic mass is 10.1. The summed E-state index contributed by atoms with van der Waals surface area (Å²) in [7, 11) is 0. The molecule has 2 nitrogen and oxygen atoms in total. The summed E-state index contributed by atoms with van der Waals surface area (Å²) in [4.78, 5) is 14.9. The van der Waals surface area contributed by atoms with Crippen LogP contribution in [0.25, 0.3) is 0 Å². The highest BCUT2D eigenvalue weighted by atomic mass is 32.1. The van der Waals surface area contributed by atoms with Gasteiger partial charge in [0.05, 0.1) is 6.42 Å². The summed E-state index contributed by atoms with van der Waals surface area (Å²) in [5.41, 5.74) is 1.08. The standard InChI is InChI=1S/C13H17NOS/c15-13(14-8-2-1-3-9-14)10-11-4-6-12(16)7-5-11/h4-7,16H,1-3,8-10H2. The second-order valence-corrected chi connectivity index (χ2v) is 4.80. The van der Waals surface area contributed by atoms with Crippen molar-refractivity contribution >= 4 is 18.5 Å². The molecule has 1 aliphatic heterocycles. The third-order valence-electron chi connectivity index (χ3n) is 3.00. The number of thiol groups is 1. The smallest absolute Gasteiger partial charge is 0.226 e. The minimum absolute atomic E-state index is 0.256. The van der Waals surface area contributed by atoms with E-state index in [0.29, 0.717) is 6.42 Å². The van der Waals surface area contributed by atoms with E-state index in [1.165, 1.54) is 6.42 Å². The number of carbonyl (C=O) groups excluding carboxylic acids is 1. The van der Waals surface area contributed by atoms with Crippen LogP contribution in [0.4, 0.5) is 0 Å². The van der Waals surface area contributed by atoms with Crippen LogP contribution in [0.3, 0.4) is 0 Å². The molecule has 0 unspecified atom stereocenters. The molecule has 0 radical (unpaired) electrons. The third-order valence-corrected chi connectivity index (χ3v) is 3.30. The van der Waals surface area contributed by atoms with E-state index in [0.717, 1.165) is 36.4 Å². The molecule has 86 valence electrons. The Hall–Kier alpha value is -0.960. The van der Waals surface area contributed by atoms with Gasteiger partial charge in [-0.15, -0.1) is 12.6 Å². The Morgan fingerprint density at radius 3 is 2.38 bits per heavy atom. The minimum atomic E-state index is 0.256. The van der Waals surface area contributed by atoms with E-state index in [1.54, 1.807) is 0 Å². The van der Waals surface area contributed by atoms with Crippen molar-refractivity contribution in [3.05, 3.63) is 29.8 Å². The summed E-state index contributed by atoms with van der Waals surface area (Å²) < 4.78 is 0. The lowest BCUT2D eigenvalue weighted by Crippen LogP contribution is -2.36. The molecule has 0 N–H and O–H groups in total. The first-order chi connectivity index (χ1) is 7.75. The van der Waals surface area contributed by atoms with Crippen molar-refractivity contribution in [3.8, 4) is 0 Å². The quantitative estimate of drug-likeness (QED) is 0.781. The second kappa shape index (κ2) is 5.39. The molecular formula is C13H17NOS. The number of rotatable bonds is 2. The fraction of sp³-hybridized carbons (Fsp3) is 0.462. The lowest BCUT2D eigenvalue weighted by Gasteiger charge is -2.26. The van der Waals surface area contributed by atoms with Crippen molar-refractivity contribution in [1.82, 2.24) is 4.90 Å². The number of likely N-dealkylation sites (tertiary alicyclic amines) is 1. The molecule has 0 saturated carbocycles. The summed E-state index contributed by atoms with van der Waals surface area (Å²) in [6, 6.07) is 7.82. The van der Waals surface area contributed by atoms with Crippen molar-refractivity contribution in [3.63, 3.8) is 0 Å². The van der Waals surface area contributed by atoms with Crippen LogP contribution in [-0.4, -0.2) is 23.9 Å². The Bertz CT molecular complexity index is 355. The number of hydrogen-bond donors (Lipinski definition) is 1. The number of benzene rings is 1. The summed E-state index contributed by atoms with van der Waals surface area (Å²) in [5, 5.41) is 0. The molecule has 1 fully saturated rings. The van der Waals surface area contributed by atoms with E-state index in [-0.39, 0.29) is 5.91 Å². The molecule has 1 aliphatic rings. The van der Waals surface area contributed by atoms with Gasteiger partial charge in [-0.3, -0.25) is 4.79 Å². The van der Waals surface area contributed by atoms with E-state index >= 15 is 0 Å². The van der Waals surface area contributed by atoms with E-state index in [4.69, 9.17) is 0 Å². The Balaban J connectivity index is 1.93. The highest BCUT2D eigenvalue weighted by Crippen LogP contribution is 2.12. The van der Waals surface area contributed by atoms with Gasteiger partial charge in [0.25, 0.3) is 0 Å². The highest BCUT2D eigenvalue weighted by Gasteiger charge is 2.16. The Labute approximate surface area is 102 Å². The maximum absolute atomic E-state index is 12.0. The minimum Gasteiger partial charge on any atom is -0.342 e. The summed E-state index contributed by atoms with van der Waals surface area (Å²) in [6.07, 6.45) is 4.09. The second-order valence-electron chi connectivity index (χ2n) is 4.28. The van der Waals surface area contributed by atoms with Gasteiger partial charge in [0.15, 0.2) is 0 Å². The van der Waals surface area contributed by atoms with E-state index < -0.39 is 0 Å². The number of nitrogens with zero attached hydrogens (tertiary/aromatic N) is 1. The molecule has 0 spiro atoms. The number of hydrogen-bond acceptors (Lipinski definition) is 2. The van der Waals surface area contributed by atoms with Gasteiger partial charge in [0.1, 0.15) is 0 Å². The molecule has 1 heterocycles. The van der Waals surface area contributed by atoms with Gasteiger partial charge in [0, 0.05) is 18.0 Å². The molecule has 1 aromatic rings. The third kappa shape index (κ3) is 3.01. The predicted octanol–water partition coefficient (Wildman–Crippen LogP) is 2.53. The molecule has 0 bridgehead atoms. The molecule has 1 aromatic carbocycles. The predicted molar refractivity (Wildman–Crippen MR) is 67.8 cm³/mol. The fourth-order valence-corrected chi connectivity index (χ4v) is 2.19. The van der Waals surface area contributed by atoms with Crippen LogP contribution in [0.5, 0.6) is 0 Å². The van der Waals surface area contributed by atoms with E-state index in [2.05, 4.69) is 12.6 Å². The number of carbonyl (C=O) groups is 1. The van der Waals surface area contributed by atoms with Crippen LogP contribution >= 0.6 is 12.6 Å². The maximum atomic E-state index is 12.0. The van der Waals surface area contributed by atoms with Gasteiger partial charge in [-0.05, 0) is 37.0 Å². The van der Waals surface area contributed by atoms with Gasteiger partial charge < -0.3 is 4.90 Å². The first-order valence-electron chi connectivity index (χ1n) is 5.81. The van der Waals surface area contributed by atoms with E-state index in [1.807, 2.05) is 29.2 Å². The maximum Gasteiger partial charge on any atom is 0.226 e. The molecule has 1 amide bonds. The molecule has 0 aliphatic carbocycles. The zero-order chi connectivity index (χ0) is 11.4. The Morgan fingerprint density at radius 2 is 1.75 bits per heavy atom. The Kier molecular flexibility index (Phi) is 3.88. The zero-order valence-corrected chi connectivity index (χ0v) is 10.2. The van der Waals surface area contributed by atoms with Gasteiger partial charge >= 0.3 is 0 Å². The number of amides is 1. The summed E-state index contributed by atoms with van der Waals surface area (Å²) >= 11 is 4.23. The molecule has 0 atom stereocenters. The van der Waals surface area contributed by atoms with Crippen LogP contribution in [-0.2, 0) is 11.2 Å². The highest BCUT2D eigenvalue weighted by molar-refractivity contribution is 7.80. The lowest BCUT2D eigenvalue weighted by molar-refractivity contribution is -0.131. The number of piperidine rings is 1. The van der Waals surface area contributed by atoms with Crippen molar-refractivity contribution in [2.75, 3.05) is 13.1 Å². The SMILES string of the molecule is O=C(Cc1ccc(S)cc1)N1CCCCC1. The molecule has 0 aromatic heterocycles. The first-order valence-corrected chi connectivity index (χ1v) is 6.26. The summed E-state index contributed by atoms with van der Waals surface area (Å²) in [6.45, 7) is 1.87. The average Bonchev–Trinajstić information content (AvgIpc) is 2.33. The van der Waals surface area contributed by atoms with Gasteiger partial charge in [-0.1, -0.05) is 12.1 Å². The monoisotopic (exact) mass is 235 g/mol. The largest absolute Gasteiger partial charge is 0.342 e. The Morgan fingerprint density at radius 1 is 1.12 bits per heavy atom. The van der Waals surface area contributed by atoms with Gasteiger partial charge in [-0.25, -0.2) is 0 Å². The first kappa shape index (κ1) is 11.5. The normalized spacial score (nSPS) is 16.2. The van der Waals surface area contributed by atoms with Crippen molar-refractivity contribution < 1.29 is 4.79 Å². The molecule has 16 heavy (non-hydrogen) atoms. The van der Waals surface area contributed by atoms with Crippen molar-refractivity contribution in [2.24, 2.45) is 0 Å². The van der Waals surface area contributed by atoms with Crippen LogP contribution < -0.4 is 0 Å². The summed E-state index contributed by atoms with van der Waals surface area (Å²) in [5.74, 6) is 0.256. The van der Waals surface area contributed by atoms with Crippen molar-refractivity contribution in [2.45, 2.75) is 30.6 Å². The molecule has 3 heteroatoms. The molecule has 1 saturated heterocycles. The molecular weight excluding hydrogens is 218 g/mol. The van der Waals surface area contributed by atoms with Crippen LogP contribution in [0.2, 0.25) is 0 Å². The zero-order valence-electron chi connectivity index (χ0n) is 9.35. The molecule has 2 rings (SSSR count). The van der Waals surface area contributed by atoms with Gasteiger partial charge in [0.2, 0.25) is 5.91 Å². The van der Waals surface area contributed by atoms with E-state index in [9.17, 15) is 4.79 Å². The fourth-order valence-electron chi connectivity index (χ4n) is 2.04. The van der Waals surface area contributed by atoms with Gasteiger partial charge in [-0.2, -0.15) is 0 Å². The van der Waals surface area contributed by atoms with Crippen LogP contribution in [0, 0.1) is 0 Å². The van der Waals surface area contributed by atoms with Crippen LogP contribution in [0.1, 0.15) is 24.8 Å². The average molecular weight is 235 g/mol.